The molecule has 30 heavy (non-hydrogen) atoms. The second-order valence-corrected chi connectivity index (χ2v) is 7.42. The van der Waals surface area contributed by atoms with Gasteiger partial charge in [-0.25, -0.2) is 0 Å². The van der Waals surface area contributed by atoms with Gasteiger partial charge in [-0.15, -0.1) is 0 Å². The summed E-state index contributed by atoms with van der Waals surface area (Å²) in [6.07, 6.45) is -3.52. The topological polar surface area (TPSA) is 32.3 Å². The maximum absolute atomic E-state index is 13.1. The number of hydrogen-bond donors (Lipinski definition) is 1. The lowest BCUT2D eigenvalue weighted by atomic mass is 9.99. The van der Waals surface area contributed by atoms with Gasteiger partial charge in [0, 0.05) is 25.2 Å². The molecule has 0 fully saturated rings. The first-order valence-electron chi connectivity index (χ1n) is 9.76. The fraction of sp³-hybridized carbons (Fsp3) is 0.208. The van der Waals surface area contributed by atoms with E-state index in [0.29, 0.717) is 5.56 Å². The van der Waals surface area contributed by atoms with E-state index in [0.717, 1.165) is 37.7 Å². The number of anilines is 1. The number of benzene rings is 3. The van der Waals surface area contributed by atoms with Crippen molar-refractivity contribution < 1.29 is 18.0 Å². The maximum atomic E-state index is 13.1. The first-order chi connectivity index (χ1) is 14.4. The lowest BCUT2D eigenvalue weighted by Crippen LogP contribution is -2.29. The molecule has 6 heteroatoms. The summed E-state index contributed by atoms with van der Waals surface area (Å²) in [5, 5.41) is 2.38. The lowest BCUT2D eigenvalue weighted by molar-refractivity contribution is -0.136. The molecule has 0 aromatic heterocycles. The number of para-hydroxylation sites is 1. The monoisotopic (exact) mass is 410 g/mol. The molecule has 3 aromatic rings. The normalized spacial score (nSPS) is 14.2. The summed E-state index contributed by atoms with van der Waals surface area (Å²) in [5.74, 6) is -0.565. The predicted octanol–water partition coefficient (Wildman–Crippen LogP) is 5.52. The summed E-state index contributed by atoms with van der Waals surface area (Å²) < 4.78 is 39.3. The molecule has 0 radical (unpaired) electrons. The Hall–Kier alpha value is -3.12. The third-order valence-electron chi connectivity index (χ3n) is 5.31. The van der Waals surface area contributed by atoms with E-state index in [2.05, 4.69) is 28.4 Å². The van der Waals surface area contributed by atoms with Gasteiger partial charge in [0.1, 0.15) is 0 Å². The van der Waals surface area contributed by atoms with Gasteiger partial charge in [-0.2, -0.15) is 13.2 Å². The van der Waals surface area contributed by atoms with Gasteiger partial charge in [-0.1, -0.05) is 48.5 Å². The number of nitrogens with one attached hydrogen (secondary N) is 1. The number of amides is 1. The van der Waals surface area contributed by atoms with Crippen LogP contribution >= 0.6 is 0 Å². The molecule has 1 aliphatic rings. The van der Waals surface area contributed by atoms with Crippen LogP contribution in [0.3, 0.4) is 0 Å². The molecule has 3 nitrogen and oxygen atoms in total. The first kappa shape index (κ1) is 20.2. The Morgan fingerprint density at radius 3 is 2.30 bits per heavy atom. The van der Waals surface area contributed by atoms with E-state index < -0.39 is 17.6 Å². The molecule has 0 bridgehead atoms. The van der Waals surface area contributed by atoms with E-state index in [1.807, 2.05) is 18.2 Å². The van der Waals surface area contributed by atoms with Gasteiger partial charge in [0.05, 0.1) is 11.3 Å². The largest absolute Gasteiger partial charge is 0.418 e. The van der Waals surface area contributed by atoms with Crippen molar-refractivity contribution in [1.29, 1.82) is 0 Å². The van der Waals surface area contributed by atoms with E-state index in [9.17, 15) is 18.0 Å². The summed E-state index contributed by atoms with van der Waals surface area (Å²) in [5.41, 5.74) is 3.00. The van der Waals surface area contributed by atoms with Crippen molar-refractivity contribution in [3.63, 3.8) is 0 Å². The highest BCUT2D eigenvalue weighted by molar-refractivity contribution is 6.04. The number of rotatable bonds is 4. The summed E-state index contributed by atoms with van der Waals surface area (Å²) in [7, 11) is 0. The standard InChI is InChI=1S/C24H21F3N2O/c25-24(26,27)21-7-3-4-8-22(21)28-23(30)19-11-9-17(10-12-19)15-29-14-13-18-5-1-2-6-20(18)16-29/h1-12H,13-16H2,(H,28,30). The molecule has 4 rings (SSSR count). The van der Waals surface area contributed by atoms with E-state index >= 15 is 0 Å². The van der Waals surface area contributed by atoms with Gasteiger partial charge < -0.3 is 5.32 Å². The van der Waals surface area contributed by atoms with Crippen molar-refractivity contribution in [3.05, 3.63) is 101 Å². The van der Waals surface area contributed by atoms with Gasteiger partial charge in [-0.3, -0.25) is 9.69 Å². The van der Waals surface area contributed by atoms with Crippen LogP contribution in [0.5, 0.6) is 0 Å². The zero-order valence-corrected chi connectivity index (χ0v) is 16.2. The van der Waals surface area contributed by atoms with Crippen LogP contribution in [0.4, 0.5) is 18.9 Å². The quantitative estimate of drug-likeness (QED) is 0.615. The van der Waals surface area contributed by atoms with E-state index in [4.69, 9.17) is 0 Å². The predicted molar refractivity (Wildman–Crippen MR) is 110 cm³/mol. The van der Waals surface area contributed by atoms with Crippen LogP contribution in [0, 0.1) is 0 Å². The Bertz CT molecular complexity index is 1040. The Morgan fingerprint density at radius 2 is 1.57 bits per heavy atom. The van der Waals surface area contributed by atoms with Crippen LogP contribution in [-0.2, 0) is 25.7 Å². The molecule has 0 saturated heterocycles. The maximum Gasteiger partial charge on any atom is 0.418 e. The molecule has 1 aliphatic heterocycles. The van der Waals surface area contributed by atoms with E-state index in [-0.39, 0.29) is 5.69 Å². The fourth-order valence-electron chi connectivity index (χ4n) is 3.74. The van der Waals surface area contributed by atoms with Crippen molar-refractivity contribution in [2.45, 2.75) is 25.7 Å². The zero-order valence-electron chi connectivity index (χ0n) is 16.2. The molecular formula is C24H21F3N2O. The lowest BCUT2D eigenvalue weighted by Gasteiger charge is -2.28. The molecule has 0 unspecified atom stereocenters. The summed E-state index contributed by atoms with van der Waals surface area (Å²) in [4.78, 5) is 14.8. The van der Waals surface area contributed by atoms with Crippen LogP contribution in [-0.4, -0.2) is 17.4 Å². The molecular weight excluding hydrogens is 389 g/mol. The molecule has 1 N–H and O–H groups in total. The zero-order chi connectivity index (χ0) is 21.1. The molecule has 3 aromatic carbocycles. The second-order valence-electron chi connectivity index (χ2n) is 7.42. The molecule has 1 amide bonds. The van der Waals surface area contributed by atoms with Crippen molar-refractivity contribution in [1.82, 2.24) is 4.90 Å². The highest BCUT2D eigenvalue weighted by atomic mass is 19.4. The number of alkyl halides is 3. The Balaban J connectivity index is 1.41. The number of halogens is 3. The molecule has 1 heterocycles. The van der Waals surface area contributed by atoms with E-state index in [1.54, 1.807) is 12.1 Å². The van der Waals surface area contributed by atoms with E-state index in [1.165, 1.54) is 29.3 Å². The number of hydrogen-bond acceptors (Lipinski definition) is 2. The number of carbonyl (C=O) groups is 1. The Morgan fingerprint density at radius 1 is 0.900 bits per heavy atom. The van der Waals surface area contributed by atoms with Gasteiger partial charge in [0.2, 0.25) is 0 Å². The Labute approximate surface area is 173 Å². The van der Waals surface area contributed by atoms with Crippen LogP contribution in [0.1, 0.15) is 32.6 Å². The van der Waals surface area contributed by atoms with Crippen molar-refractivity contribution in [3.8, 4) is 0 Å². The van der Waals surface area contributed by atoms with Crippen LogP contribution in [0.25, 0.3) is 0 Å². The molecule has 0 atom stereocenters. The van der Waals surface area contributed by atoms with Crippen LogP contribution < -0.4 is 5.32 Å². The second kappa shape index (κ2) is 8.32. The van der Waals surface area contributed by atoms with Crippen LogP contribution in [0.2, 0.25) is 0 Å². The van der Waals surface area contributed by atoms with Gasteiger partial charge in [0.15, 0.2) is 0 Å². The minimum atomic E-state index is -4.53. The van der Waals surface area contributed by atoms with Gasteiger partial charge in [0.25, 0.3) is 5.91 Å². The molecule has 0 saturated carbocycles. The highest BCUT2D eigenvalue weighted by Gasteiger charge is 2.33. The SMILES string of the molecule is O=C(Nc1ccccc1C(F)(F)F)c1ccc(CN2CCc3ccccc3C2)cc1. The minimum absolute atomic E-state index is 0.244. The van der Waals surface area contributed by atoms with Gasteiger partial charge >= 0.3 is 6.18 Å². The minimum Gasteiger partial charge on any atom is -0.321 e. The summed E-state index contributed by atoms with van der Waals surface area (Å²) >= 11 is 0. The van der Waals surface area contributed by atoms with Gasteiger partial charge in [-0.05, 0) is 47.4 Å². The van der Waals surface area contributed by atoms with Crippen molar-refractivity contribution in [2.24, 2.45) is 0 Å². The average Bonchev–Trinajstić information content (AvgIpc) is 2.74. The third kappa shape index (κ3) is 4.54. The fourth-order valence-corrected chi connectivity index (χ4v) is 3.74. The highest BCUT2D eigenvalue weighted by Crippen LogP contribution is 2.34. The summed E-state index contributed by atoms with van der Waals surface area (Å²) in [6.45, 7) is 2.60. The number of carbonyl (C=O) groups excluding carboxylic acids is 1. The number of fused-ring (bicyclic) bond motifs is 1. The molecule has 0 aliphatic carbocycles. The van der Waals surface area contributed by atoms with Crippen LogP contribution in [0.15, 0.2) is 72.8 Å². The van der Waals surface area contributed by atoms with Crippen molar-refractivity contribution >= 4 is 11.6 Å². The van der Waals surface area contributed by atoms with Crippen molar-refractivity contribution in [2.75, 3.05) is 11.9 Å². The molecule has 154 valence electrons. The average molecular weight is 410 g/mol. The number of nitrogens with zero attached hydrogens (tertiary/aromatic N) is 1. The third-order valence-corrected chi connectivity index (χ3v) is 5.31. The Kier molecular flexibility index (Phi) is 5.59. The first-order valence-corrected chi connectivity index (χ1v) is 9.76. The summed E-state index contributed by atoms with van der Waals surface area (Å²) in [6, 6.07) is 20.4. The molecule has 0 spiro atoms. The smallest absolute Gasteiger partial charge is 0.321 e.